The zero-order valence-corrected chi connectivity index (χ0v) is 11.7. The van der Waals surface area contributed by atoms with Crippen LogP contribution in [0, 0.1) is 0 Å². The molecule has 0 aliphatic heterocycles. The number of anilines is 1. The van der Waals surface area contributed by atoms with Crippen LogP contribution in [0.3, 0.4) is 0 Å². The number of rotatable bonds is 2. The fraction of sp³-hybridized carbons (Fsp3) is 0.571. The van der Waals surface area contributed by atoms with E-state index in [1.54, 1.807) is 12.1 Å². The smallest absolute Gasteiger partial charge is 0.271 e. The minimum atomic E-state index is -0.220. The highest BCUT2D eigenvalue weighted by molar-refractivity contribution is 6.33. The van der Waals surface area contributed by atoms with E-state index in [9.17, 15) is 4.79 Å². The summed E-state index contributed by atoms with van der Waals surface area (Å²) in [6.45, 7) is 0. The van der Waals surface area contributed by atoms with Crippen molar-refractivity contribution in [3.63, 3.8) is 0 Å². The third kappa shape index (κ3) is 4.10. The van der Waals surface area contributed by atoms with E-state index in [0.717, 1.165) is 12.8 Å². The molecular formula is C14H20ClN3O. The highest BCUT2D eigenvalue weighted by atomic mass is 35.5. The lowest BCUT2D eigenvalue weighted by Crippen LogP contribution is -2.36. The second kappa shape index (κ2) is 6.75. The van der Waals surface area contributed by atoms with Gasteiger partial charge in [0, 0.05) is 6.04 Å². The van der Waals surface area contributed by atoms with Crippen molar-refractivity contribution in [2.24, 2.45) is 0 Å². The molecule has 0 bridgehead atoms. The maximum atomic E-state index is 12.2. The highest BCUT2D eigenvalue weighted by Gasteiger charge is 2.18. The van der Waals surface area contributed by atoms with E-state index in [1.165, 1.54) is 32.1 Å². The molecular weight excluding hydrogens is 262 g/mol. The number of hydrogen-bond acceptors (Lipinski definition) is 3. The first-order chi connectivity index (χ1) is 9.16. The number of nitrogens with one attached hydrogen (secondary N) is 1. The number of hydrogen-bond donors (Lipinski definition) is 2. The summed E-state index contributed by atoms with van der Waals surface area (Å²) in [7, 11) is 0. The van der Waals surface area contributed by atoms with Gasteiger partial charge in [0.25, 0.3) is 5.91 Å². The largest absolute Gasteiger partial charge is 0.384 e. The monoisotopic (exact) mass is 281 g/mol. The van der Waals surface area contributed by atoms with Crippen LogP contribution in [0.2, 0.25) is 5.02 Å². The maximum Gasteiger partial charge on any atom is 0.271 e. The normalized spacial score (nSPS) is 17.5. The number of amides is 1. The molecule has 1 fully saturated rings. The van der Waals surface area contributed by atoms with E-state index in [-0.39, 0.29) is 17.6 Å². The van der Waals surface area contributed by atoms with Crippen molar-refractivity contribution in [2.75, 3.05) is 5.73 Å². The highest BCUT2D eigenvalue weighted by Crippen LogP contribution is 2.19. The molecule has 2 rings (SSSR count). The van der Waals surface area contributed by atoms with Crippen LogP contribution in [0.5, 0.6) is 0 Å². The van der Waals surface area contributed by atoms with E-state index in [1.807, 2.05) is 0 Å². The molecule has 0 unspecified atom stereocenters. The number of nitrogen functional groups attached to an aromatic ring is 1. The molecule has 1 saturated carbocycles. The number of nitrogens with two attached hydrogens (primary N) is 1. The fourth-order valence-corrected chi connectivity index (χ4v) is 2.66. The maximum absolute atomic E-state index is 12.2. The van der Waals surface area contributed by atoms with Crippen LogP contribution in [0.15, 0.2) is 12.1 Å². The van der Waals surface area contributed by atoms with Crippen molar-refractivity contribution < 1.29 is 4.79 Å². The van der Waals surface area contributed by atoms with Crippen LogP contribution >= 0.6 is 11.6 Å². The first-order valence-corrected chi connectivity index (χ1v) is 7.27. The summed E-state index contributed by atoms with van der Waals surface area (Å²) < 4.78 is 0. The van der Waals surface area contributed by atoms with Crippen molar-refractivity contribution in [2.45, 2.75) is 51.0 Å². The lowest BCUT2D eigenvalue weighted by atomic mass is 9.96. The Kier molecular flexibility index (Phi) is 5.02. The average Bonchev–Trinajstić information content (AvgIpc) is 2.35. The summed E-state index contributed by atoms with van der Waals surface area (Å²) in [6, 6.07) is 3.43. The predicted molar refractivity (Wildman–Crippen MR) is 77.2 cm³/mol. The quantitative estimate of drug-likeness (QED) is 0.875. The third-order valence-electron chi connectivity index (χ3n) is 3.52. The Morgan fingerprint density at radius 2 is 1.84 bits per heavy atom. The molecule has 4 nitrogen and oxygen atoms in total. The molecule has 104 valence electrons. The first-order valence-electron chi connectivity index (χ1n) is 6.89. The second-order valence-corrected chi connectivity index (χ2v) is 5.49. The Bertz CT molecular complexity index is 442. The fourth-order valence-electron chi connectivity index (χ4n) is 2.47. The van der Waals surface area contributed by atoms with Crippen molar-refractivity contribution >= 4 is 23.3 Å². The summed E-state index contributed by atoms with van der Waals surface area (Å²) >= 11 is 5.99. The van der Waals surface area contributed by atoms with Gasteiger partial charge in [-0.25, -0.2) is 4.98 Å². The molecule has 1 aliphatic carbocycles. The van der Waals surface area contributed by atoms with Gasteiger partial charge < -0.3 is 11.1 Å². The number of nitrogens with zero attached hydrogens (tertiary/aromatic N) is 1. The second-order valence-electron chi connectivity index (χ2n) is 5.08. The van der Waals surface area contributed by atoms with Gasteiger partial charge in [0.1, 0.15) is 11.5 Å². The minimum absolute atomic E-state index is 0.220. The lowest BCUT2D eigenvalue weighted by Gasteiger charge is -2.21. The van der Waals surface area contributed by atoms with Crippen LogP contribution in [-0.2, 0) is 0 Å². The molecule has 1 aromatic rings. The molecule has 5 heteroatoms. The van der Waals surface area contributed by atoms with Gasteiger partial charge in [0.15, 0.2) is 0 Å². The SMILES string of the molecule is Nc1ccc(Cl)c(C(=O)NC2CCCCCCC2)n1. The van der Waals surface area contributed by atoms with Gasteiger partial charge in [-0.15, -0.1) is 0 Å². The standard InChI is InChI=1S/C14H20ClN3O/c15-11-8-9-12(16)18-13(11)14(19)17-10-6-4-2-1-3-5-7-10/h8-10H,1-7H2,(H2,16,18)(H,17,19). The van der Waals surface area contributed by atoms with Crippen molar-refractivity contribution in [3.05, 3.63) is 22.8 Å². The molecule has 1 aromatic heterocycles. The van der Waals surface area contributed by atoms with Crippen molar-refractivity contribution in [1.29, 1.82) is 0 Å². The van der Waals surface area contributed by atoms with Gasteiger partial charge >= 0.3 is 0 Å². The van der Waals surface area contributed by atoms with Gasteiger partial charge in [-0.3, -0.25) is 4.79 Å². The van der Waals surface area contributed by atoms with Crippen LogP contribution in [0.25, 0.3) is 0 Å². The first kappa shape index (κ1) is 14.1. The number of carbonyl (C=O) groups excluding carboxylic acids is 1. The van der Waals surface area contributed by atoms with Crippen molar-refractivity contribution in [1.82, 2.24) is 10.3 Å². The zero-order chi connectivity index (χ0) is 13.7. The molecule has 0 aromatic carbocycles. The Labute approximate surface area is 118 Å². The molecule has 0 atom stereocenters. The van der Waals surface area contributed by atoms with Gasteiger partial charge in [-0.1, -0.05) is 43.7 Å². The molecule has 0 saturated heterocycles. The molecule has 0 radical (unpaired) electrons. The van der Waals surface area contributed by atoms with E-state index in [2.05, 4.69) is 10.3 Å². The van der Waals surface area contributed by atoms with Crippen LogP contribution in [-0.4, -0.2) is 16.9 Å². The molecule has 1 heterocycles. The summed E-state index contributed by atoms with van der Waals surface area (Å²) in [5.74, 6) is 0.0927. The minimum Gasteiger partial charge on any atom is -0.384 e. The Balaban J connectivity index is 2.00. The zero-order valence-electron chi connectivity index (χ0n) is 11.0. The summed E-state index contributed by atoms with van der Waals surface area (Å²) in [6.07, 6.45) is 8.22. The Morgan fingerprint density at radius 3 is 2.53 bits per heavy atom. The van der Waals surface area contributed by atoms with E-state index in [0.29, 0.717) is 10.8 Å². The Hall–Kier alpha value is -1.29. The average molecular weight is 282 g/mol. The van der Waals surface area contributed by atoms with Gasteiger partial charge in [0.2, 0.25) is 0 Å². The van der Waals surface area contributed by atoms with E-state index in [4.69, 9.17) is 17.3 Å². The number of pyridine rings is 1. The molecule has 1 aliphatic rings. The van der Waals surface area contributed by atoms with Crippen LogP contribution in [0.4, 0.5) is 5.82 Å². The van der Waals surface area contributed by atoms with E-state index < -0.39 is 0 Å². The number of halogens is 1. The van der Waals surface area contributed by atoms with Crippen LogP contribution < -0.4 is 11.1 Å². The van der Waals surface area contributed by atoms with Gasteiger partial charge in [-0.2, -0.15) is 0 Å². The Morgan fingerprint density at radius 1 is 1.21 bits per heavy atom. The lowest BCUT2D eigenvalue weighted by molar-refractivity contribution is 0.0925. The molecule has 19 heavy (non-hydrogen) atoms. The molecule has 0 spiro atoms. The topological polar surface area (TPSA) is 68.0 Å². The summed E-state index contributed by atoms with van der Waals surface area (Å²) in [4.78, 5) is 16.2. The summed E-state index contributed by atoms with van der Waals surface area (Å²) in [5, 5.41) is 3.37. The van der Waals surface area contributed by atoms with Crippen LogP contribution in [0.1, 0.15) is 55.4 Å². The van der Waals surface area contributed by atoms with Gasteiger partial charge in [0.05, 0.1) is 5.02 Å². The van der Waals surface area contributed by atoms with Crippen molar-refractivity contribution in [3.8, 4) is 0 Å². The van der Waals surface area contributed by atoms with Gasteiger partial charge in [-0.05, 0) is 25.0 Å². The molecule has 3 N–H and O–H groups in total. The number of aromatic nitrogens is 1. The predicted octanol–water partition coefficient (Wildman–Crippen LogP) is 3.16. The van der Waals surface area contributed by atoms with E-state index >= 15 is 0 Å². The third-order valence-corrected chi connectivity index (χ3v) is 3.83. The summed E-state index contributed by atoms with van der Waals surface area (Å²) in [5.41, 5.74) is 5.82. The number of carbonyl (C=O) groups is 1. The molecule has 1 amide bonds.